The molecule has 6 heteroatoms. The fraction of sp³-hybridized carbons (Fsp3) is 0.100. The molecule has 84 valence electrons. The number of alkyl halides is 1. The molecule has 2 rings (SSSR count). The minimum atomic E-state index is -0.652. The van der Waals surface area contributed by atoms with Crippen LogP contribution in [0.4, 0.5) is 8.78 Å². The highest BCUT2D eigenvalue weighted by atomic mass is 35.5. The molecule has 0 aliphatic rings. The van der Waals surface area contributed by atoms with E-state index >= 15 is 0 Å². The van der Waals surface area contributed by atoms with Gasteiger partial charge in [-0.05, 0) is 24.4 Å². The number of nitrogens with zero attached hydrogens (tertiary/aromatic N) is 1. The van der Waals surface area contributed by atoms with Crippen molar-refractivity contribution in [2.75, 3.05) is 0 Å². The summed E-state index contributed by atoms with van der Waals surface area (Å²) in [7, 11) is 0. The lowest BCUT2D eigenvalue weighted by molar-refractivity contribution is 0.567. The third kappa shape index (κ3) is 1.90. The first-order chi connectivity index (χ1) is 7.65. The van der Waals surface area contributed by atoms with E-state index in [-0.39, 0.29) is 11.6 Å². The first kappa shape index (κ1) is 11.7. The fourth-order valence-electron chi connectivity index (χ4n) is 1.37. The smallest absolute Gasteiger partial charge is 0.166 e. The molecule has 1 aromatic heterocycles. The van der Waals surface area contributed by atoms with E-state index in [9.17, 15) is 8.78 Å². The summed E-state index contributed by atoms with van der Waals surface area (Å²) in [6.45, 7) is 0. The van der Waals surface area contributed by atoms with Crippen LogP contribution in [0.5, 0.6) is 0 Å². The average Bonchev–Trinajstić information content (AvgIpc) is 2.60. The van der Waals surface area contributed by atoms with Crippen LogP contribution in [0.2, 0.25) is 0 Å². The van der Waals surface area contributed by atoms with Gasteiger partial charge in [0.15, 0.2) is 3.95 Å². The van der Waals surface area contributed by atoms with Crippen LogP contribution in [0.3, 0.4) is 0 Å². The molecular formula is C10H6ClF2NS2. The summed E-state index contributed by atoms with van der Waals surface area (Å²) in [4.78, 5) is 0. The van der Waals surface area contributed by atoms with Crippen molar-refractivity contribution >= 4 is 35.2 Å². The highest BCUT2D eigenvalue weighted by Gasteiger charge is 2.14. The molecular weight excluding hydrogens is 272 g/mol. The van der Waals surface area contributed by atoms with Crippen LogP contribution in [0.25, 0.3) is 5.69 Å². The number of halogens is 3. The first-order valence-electron chi connectivity index (χ1n) is 4.35. The van der Waals surface area contributed by atoms with Crippen LogP contribution >= 0.6 is 35.2 Å². The number of hydrogen-bond acceptors (Lipinski definition) is 2. The van der Waals surface area contributed by atoms with Gasteiger partial charge < -0.3 is 0 Å². The number of aromatic nitrogens is 1. The molecule has 0 bridgehead atoms. The van der Waals surface area contributed by atoms with Crippen LogP contribution in [0.1, 0.15) is 5.69 Å². The maximum Gasteiger partial charge on any atom is 0.166 e. The van der Waals surface area contributed by atoms with Gasteiger partial charge in [-0.15, -0.1) is 22.9 Å². The van der Waals surface area contributed by atoms with E-state index in [1.807, 2.05) is 0 Å². The minimum Gasteiger partial charge on any atom is -0.289 e. The standard InChI is InChI=1S/C10H6ClF2NS2/c11-4-6-5-16-10(15)14(6)9-7(12)2-1-3-8(9)13/h1-3,5H,4H2. The van der Waals surface area contributed by atoms with Crippen molar-refractivity contribution < 1.29 is 8.78 Å². The zero-order valence-electron chi connectivity index (χ0n) is 7.91. The number of benzene rings is 1. The SMILES string of the molecule is Fc1cccc(F)c1-n1c(CCl)csc1=S. The highest BCUT2D eigenvalue weighted by Crippen LogP contribution is 2.24. The van der Waals surface area contributed by atoms with Crippen LogP contribution in [0.15, 0.2) is 23.6 Å². The Morgan fingerprint density at radius 1 is 1.31 bits per heavy atom. The Morgan fingerprint density at radius 3 is 2.50 bits per heavy atom. The number of hydrogen-bond donors (Lipinski definition) is 0. The lowest BCUT2D eigenvalue weighted by Gasteiger charge is -2.08. The second kappa shape index (κ2) is 4.61. The third-order valence-electron chi connectivity index (χ3n) is 2.06. The van der Waals surface area contributed by atoms with Crippen molar-refractivity contribution in [1.29, 1.82) is 0 Å². The van der Waals surface area contributed by atoms with Crippen molar-refractivity contribution in [1.82, 2.24) is 4.57 Å². The van der Waals surface area contributed by atoms with E-state index in [0.29, 0.717) is 9.65 Å². The summed E-state index contributed by atoms with van der Waals surface area (Å²) < 4.78 is 28.8. The zero-order chi connectivity index (χ0) is 11.7. The molecule has 0 N–H and O–H groups in total. The van der Waals surface area contributed by atoms with E-state index in [4.69, 9.17) is 23.8 Å². The largest absolute Gasteiger partial charge is 0.289 e. The Labute approximate surface area is 105 Å². The monoisotopic (exact) mass is 277 g/mol. The third-order valence-corrected chi connectivity index (χ3v) is 3.58. The summed E-state index contributed by atoms with van der Waals surface area (Å²) in [5.41, 5.74) is 0.421. The maximum absolute atomic E-state index is 13.6. The molecule has 0 amide bonds. The van der Waals surface area contributed by atoms with Gasteiger partial charge in [-0.3, -0.25) is 4.57 Å². The van der Waals surface area contributed by atoms with Crippen LogP contribution in [-0.2, 0) is 5.88 Å². The van der Waals surface area contributed by atoms with E-state index in [0.717, 1.165) is 0 Å². The van der Waals surface area contributed by atoms with Crippen molar-refractivity contribution in [2.45, 2.75) is 5.88 Å². The van der Waals surface area contributed by atoms with Gasteiger partial charge in [-0.1, -0.05) is 6.07 Å². The molecule has 0 unspecified atom stereocenters. The highest BCUT2D eigenvalue weighted by molar-refractivity contribution is 7.73. The van der Waals surface area contributed by atoms with Gasteiger partial charge in [0.05, 0.1) is 5.88 Å². The van der Waals surface area contributed by atoms with Crippen molar-refractivity contribution in [3.05, 3.63) is 44.9 Å². The predicted octanol–water partition coefficient (Wildman–Crippen LogP) is 4.29. The Balaban J connectivity index is 2.76. The van der Waals surface area contributed by atoms with E-state index in [1.165, 1.54) is 34.1 Å². The molecule has 0 aliphatic heterocycles. The maximum atomic E-state index is 13.6. The molecule has 1 aromatic carbocycles. The normalized spacial score (nSPS) is 10.7. The Hall–Kier alpha value is -0.780. The summed E-state index contributed by atoms with van der Waals surface area (Å²) in [5.74, 6) is -1.15. The molecule has 0 fully saturated rings. The lowest BCUT2D eigenvalue weighted by atomic mass is 10.3. The molecule has 0 saturated heterocycles. The second-order valence-electron chi connectivity index (χ2n) is 3.03. The second-order valence-corrected chi connectivity index (χ2v) is 4.80. The topological polar surface area (TPSA) is 4.93 Å². The van der Waals surface area contributed by atoms with Gasteiger partial charge >= 0.3 is 0 Å². The molecule has 16 heavy (non-hydrogen) atoms. The lowest BCUT2D eigenvalue weighted by Crippen LogP contribution is -2.04. The molecule has 1 heterocycles. The molecule has 0 atom stereocenters. The Bertz CT molecular complexity index is 556. The first-order valence-corrected chi connectivity index (χ1v) is 6.17. The van der Waals surface area contributed by atoms with E-state index in [2.05, 4.69) is 0 Å². The van der Waals surface area contributed by atoms with Crippen molar-refractivity contribution in [3.8, 4) is 5.69 Å². The summed E-state index contributed by atoms with van der Waals surface area (Å²) in [6.07, 6.45) is 0. The summed E-state index contributed by atoms with van der Waals surface area (Å²) in [5, 5.41) is 1.70. The van der Waals surface area contributed by atoms with Gasteiger partial charge in [0, 0.05) is 11.1 Å². The summed E-state index contributed by atoms with van der Waals surface area (Å²) >= 11 is 12.0. The van der Waals surface area contributed by atoms with Gasteiger partial charge in [0.2, 0.25) is 0 Å². The van der Waals surface area contributed by atoms with Crippen LogP contribution < -0.4 is 0 Å². The van der Waals surface area contributed by atoms with Gasteiger partial charge in [0.1, 0.15) is 17.3 Å². The Morgan fingerprint density at radius 2 is 1.94 bits per heavy atom. The van der Waals surface area contributed by atoms with Crippen molar-refractivity contribution in [3.63, 3.8) is 0 Å². The van der Waals surface area contributed by atoms with Gasteiger partial charge in [0.25, 0.3) is 0 Å². The predicted molar refractivity (Wildman–Crippen MR) is 64.0 cm³/mol. The molecule has 0 aliphatic carbocycles. The molecule has 0 radical (unpaired) electrons. The number of rotatable bonds is 2. The molecule has 1 nitrogen and oxygen atoms in total. The Kier molecular flexibility index (Phi) is 3.37. The minimum absolute atomic E-state index is 0.154. The molecule has 0 spiro atoms. The fourth-order valence-corrected chi connectivity index (χ4v) is 2.75. The number of para-hydroxylation sites is 1. The van der Waals surface area contributed by atoms with Crippen molar-refractivity contribution in [2.24, 2.45) is 0 Å². The van der Waals surface area contributed by atoms with Gasteiger partial charge in [-0.2, -0.15) is 0 Å². The van der Waals surface area contributed by atoms with Crippen LogP contribution in [0, 0.1) is 15.6 Å². The average molecular weight is 278 g/mol. The zero-order valence-corrected chi connectivity index (χ0v) is 10.3. The van der Waals surface area contributed by atoms with E-state index in [1.54, 1.807) is 5.38 Å². The van der Waals surface area contributed by atoms with E-state index < -0.39 is 11.6 Å². The number of thiazole rings is 1. The summed E-state index contributed by atoms with van der Waals surface area (Å²) in [6, 6.07) is 3.69. The molecule has 0 saturated carbocycles. The molecule has 2 aromatic rings. The van der Waals surface area contributed by atoms with Crippen LogP contribution in [-0.4, -0.2) is 4.57 Å². The quantitative estimate of drug-likeness (QED) is 0.586. The van der Waals surface area contributed by atoms with Gasteiger partial charge in [-0.25, -0.2) is 8.78 Å².